The Hall–Kier alpha value is -2.35. The zero-order valence-electron chi connectivity index (χ0n) is 14.7. The molecule has 1 amide bonds. The average Bonchev–Trinajstić information content (AvgIpc) is 3.09. The largest absolute Gasteiger partial charge is 0.360 e. The molecule has 0 saturated heterocycles. The fourth-order valence-electron chi connectivity index (χ4n) is 3.04. The molecular weight excluding hydrogens is 342 g/mol. The van der Waals surface area contributed by atoms with Gasteiger partial charge in [0.15, 0.2) is 5.76 Å². The molecule has 0 saturated carbocycles. The number of fused-ring (bicyclic) bond motifs is 1. The summed E-state index contributed by atoms with van der Waals surface area (Å²) < 4.78 is 30.2. The molecule has 7 nitrogen and oxygen atoms in total. The van der Waals surface area contributed by atoms with Gasteiger partial charge in [-0.15, -0.1) is 0 Å². The number of sulfonamides is 1. The molecule has 1 aliphatic heterocycles. The number of carbonyl (C=O) groups excluding carboxylic acids is 1. The van der Waals surface area contributed by atoms with Crippen LogP contribution in [0.3, 0.4) is 0 Å². The molecule has 0 fully saturated rings. The minimum absolute atomic E-state index is 0.0466. The predicted octanol–water partition coefficient (Wildman–Crippen LogP) is 2.68. The SMILES string of the molecule is Cc1noc(C(C)C)c1C(=O)Nc1ccc2c(c1)CCN2S(C)(=O)=O. The lowest BCUT2D eigenvalue weighted by molar-refractivity contribution is 0.102. The first-order chi connectivity index (χ1) is 11.7. The lowest BCUT2D eigenvalue weighted by Gasteiger charge is -2.16. The number of anilines is 2. The normalized spacial score (nSPS) is 14.0. The summed E-state index contributed by atoms with van der Waals surface area (Å²) >= 11 is 0. The van der Waals surface area contributed by atoms with Gasteiger partial charge < -0.3 is 9.84 Å². The van der Waals surface area contributed by atoms with Gasteiger partial charge in [-0.25, -0.2) is 8.42 Å². The lowest BCUT2D eigenvalue weighted by Crippen LogP contribution is -2.27. The zero-order chi connectivity index (χ0) is 18.4. The summed E-state index contributed by atoms with van der Waals surface area (Å²) in [6, 6.07) is 5.25. The van der Waals surface area contributed by atoms with Gasteiger partial charge in [-0.3, -0.25) is 9.10 Å². The van der Waals surface area contributed by atoms with Gasteiger partial charge in [0.25, 0.3) is 5.91 Å². The summed E-state index contributed by atoms with van der Waals surface area (Å²) in [6.07, 6.45) is 1.82. The van der Waals surface area contributed by atoms with Crippen molar-refractivity contribution >= 4 is 27.3 Å². The molecule has 0 unspecified atom stereocenters. The Morgan fingerprint density at radius 3 is 2.72 bits per heavy atom. The first kappa shape index (κ1) is 17.5. The lowest BCUT2D eigenvalue weighted by atomic mass is 10.0. The van der Waals surface area contributed by atoms with E-state index in [9.17, 15) is 13.2 Å². The van der Waals surface area contributed by atoms with Crippen LogP contribution in [-0.4, -0.2) is 32.3 Å². The Bertz CT molecular complexity index is 931. The van der Waals surface area contributed by atoms with E-state index in [1.807, 2.05) is 19.9 Å². The fraction of sp³-hybridized carbons (Fsp3) is 0.412. The van der Waals surface area contributed by atoms with Gasteiger partial charge in [-0.1, -0.05) is 19.0 Å². The van der Waals surface area contributed by atoms with Crippen LogP contribution in [0.15, 0.2) is 22.7 Å². The van der Waals surface area contributed by atoms with Crippen LogP contribution in [0.1, 0.15) is 47.1 Å². The maximum absolute atomic E-state index is 12.6. The number of nitrogens with zero attached hydrogens (tertiary/aromatic N) is 2. The summed E-state index contributed by atoms with van der Waals surface area (Å²) in [7, 11) is -3.28. The first-order valence-electron chi connectivity index (χ1n) is 8.06. The van der Waals surface area contributed by atoms with Crippen LogP contribution in [0.5, 0.6) is 0 Å². The van der Waals surface area contributed by atoms with Crippen molar-refractivity contribution in [3.63, 3.8) is 0 Å². The maximum atomic E-state index is 12.6. The highest BCUT2D eigenvalue weighted by Crippen LogP contribution is 2.32. The zero-order valence-corrected chi connectivity index (χ0v) is 15.5. The maximum Gasteiger partial charge on any atom is 0.261 e. The second kappa shape index (κ2) is 6.18. The highest BCUT2D eigenvalue weighted by atomic mass is 32.2. The molecular formula is C17H21N3O4S. The average molecular weight is 363 g/mol. The molecule has 25 heavy (non-hydrogen) atoms. The third kappa shape index (κ3) is 3.26. The molecule has 2 heterocycles. The Balaban J connectivity index is 1.86. The van der Waals surface area contributed by atoms with E-state index in [-0.39, 0.29) is 11.8 Å². The summed E-state index contributed by atoms with van der Waals surface area (Å²) in [5, 5.41) is 6.74. The minimum atomic E-state index is -3.28. The van der Waals surface area contributed by atoms with Crippen molar-refractivity contribution < 1.29 is 17.7 Å². The number of rotatable bonds is 4. The van der Waals surface area contributed by atoms with Crippen LogP contribution >= 0.6 is 0 Å². The molecule has 3 rings (SSSR count). The highest BCUT2D eigenvalue weighted by molar-refractivity contribution is 7.92. The number of aromatic nitrogens is 1. The molecule has 134 valence electrons. The van der Waals surface area contributed by atoms with Crippen LogP contribution in [0.2, 0.25) is 0 Å². The molecule has 1 aliphatic rings. The Morgan fingerprint density at radius 1 is 1.36 bits per heavy atom. The van der Waals surface area contributed by atoms with Crippen LogP contribution in [-0.2, 0) is 16.4 Å². The van der Waals surface area contributed by atoms with Crippen LogP contribution in [0, 0.1) is 6.92 Å². The Labute approximate surface area is 147 Å². The minimum Gasteiger partial charge on any atom is -0.360 e. The van der Waals surface area contributed by atoms with E-state index < -0.39 is 10.0 Å². The third-order valence-corrected chi connectivity index (χ3v) is 5.41. The number of amides is 1. The van der Waals surface area contributed by atoms with Gasteiger partial charge >= 0.3 is 0 Å². The fourth-order valence-corrected chi connectivity index (χ4v) is 4.00. The molecule has 8 heteroatoms. The number of aryl methyl sites for hydroxylation is 1. The van der Waals surface area contributed by atoms with Crippen LogP contribution < -0.4 is 9.62 Å². The van der Waals surface area contributed by atoms with E-state index in [4.69, 9.17) is 4.52 Å². The molecule has 0 spiro atoms. The van der Waals surface area contributed by atoms with Gasteiger partial charge in [-0.05, 0) is 37.1 Å². The van der Waals surface area contributed by atoms with E-state index in [0.29, 0.717) is 41.4 Å². The summed E-state index contributed by atoms with van der Waals surface area (Å²) in [4.78, 5) is 12.6. The second-order valence-electron chi connectivity index (χ2n) is 6.54. The van der Waals surface area contributed by atoms with Crippen molar-refractivity contribution in [1.29, 1.82) is 0 Å². The second-order valence-corrected chi connectivity index (χ2v) is 8.45. The molecule has 0 radical (unpaired) electrons. The van der Waals surface area contributed by atoms with E-state index >= 15 is 0 Å². The number of nitrogens with one attached hydrogen (secondary N) is 1. The van der Waals surface area contributed by atoms with E-state index in [1.54, 1.807) is 19.1 Å². The van der Waals surface area contributed by atoms with Crippen molar-refractivity contribution in [2.24, 2.45) is 0 Å². The van der Waals surface area contributed by atoms with Gasteiger partial charge in [0.2, 0.25) is 10.0 Å². The molecule has 0 aliphatic carbocycles. The van der Waals surface area contributed by atoms with Gasteiger partial charge in [0.05, 0.1) is 17.6 Å². The van der Waals surface area contributed by atoms with E-state index in [2.05, 4.69) is 10.5 Å². The highest BCUT2D eigenvalue weighted by Gasteiger charge is 2.27. The Morgan fingerprint density at radius 2 is 2.08 bits per heavy atom. The summed E-state index contributed by atoms with van der Waals surface area (Å²) in [5.74, 6) is 0.324. The van der Waals surface area contributed by atoms with Crippen molar-refractivity contribution in [1.82, 2.24) is 5.16 Å². The standard InChI is InChI=1S/C17H21N3O4S/c1-10(2)16-15(11(3)19-24-16)17(21)18-13-5-6-14-12(9-13)7-8-20(14)25(4,22)23/h5-6,9-10H,7-8H2,1-4H3,(H,18,21). The Kier molecular flexibility index (Phi) is 4.32. The van der Waals surface area contributed by atoms with Gasteiger partial charge in [0, 0.05) is 18.2 Å². The quantitative estimate of drug-likeness (QED) is 0.901. The van der Waals surface area contributed by atoms with Crippen molar-refractivity contribution in [3.05, 3.63) is 40.8 Å². The molecule has 0 bridgehead atoms. The molecule has 0 atom stereocenters. The number of carbonyl (C=O) groups is 1. The van der Waals surface area contributed by atoms with Gasteiger partial charge in [-0.2, -0.15) is 0 Å². The van der Waals surface area contributed by atoms with Crippen molar-refractivity contribution in [2.45, 2.75) is 33.1 Å². The van der Waals surface area contributed by atoms with Gasteiger partial charge in [0.1, 0.15) is 5.56 Å². The monoisotopic (exact) mass is 363 g/mol. The number of hydrogen-bond donors (Lipinski definition) is 1. The number of hydrogen-bond acceptors (Lipinski definition) is 5. The van der Waals surface area contributed by atoms with Crippen LogP contribution in [0.25, 0.3) is 0 Å². The first-order valence-corrected chi connectivity index (χ1v) is 9.91. The summed E-state index contributed by atoms with van der Waals surface area (Å²) in [6.45, 7) is 6.03. The molecule has 1 aromatic carbocycles. The molecule has 1 aromatic heterocycles. The smallest absolute Gasteiger partial charge is 0.261 e. The number of benzene rings is 1. The van der Waals surface area contributed by atoms with Crippen LogP contribution in [0.4, 0.5) is 11.4 Å². The van der Waals surface area contributed by atoms with E-state index in [0.717, 1.165) is 5.56 Å². The van der Waals surface area contributed by atoms with E-state index in [1.165, 1.54) is 10.6 Å². The molecule has 1 N–H and O–H groups in total. The van der Waals surface area contributed by atoms with Crippen molar-refractivity contribution in [3.8, 4) is 0 Å². The third-order valence-electron chi connectivity index (χ3n) is 4.23. The summed E-state index contributed by atoms with van der Waals surface area (Å²) in [5.41, 5.74) is 3.19. The van der Waals surface area contributed by atoms with Crippen molar-refractivity contribution in [2.75, 3.05) is 22.4 Å². The molecule has 2 aromatic rings. The predicted molar refractivity (Wildman–Crippen MR) is 95.6 cm³/mol. The topological polar surface area (TPSA) is 92.5 Å².